The number of carboxylic acid groups (broad SMARTS) is 1. The topological polar surface area (TPSA) is 208 Å². The zero-order valence-corrected chi connectivity index (χ0v) is 19.3. The van der Waals surface area contributed by atoms with Crippen LogP contribution >= 0.6 is 0 Å². The Bertz CT molecular complexity index is 867. The van der Waals surface area contributed by atoms with Crippen LogP contribution in [0.3, 0.4) is 0 Å². The Morgan fingerprint density at radius 3 is 2.32 bits per heavy atom. The number of aromatic amines is 1. The number of nitrogens with zero attached hydrogens (tertiary/aromatic N) is 1. The Labute approximate surface area is 197 Å². The summed E-state index contributed by atoms with van der Waals surface area (Å²) in [6, 6.07) is -4.09. The molecular weight excluding hydrogens is 446 g/mol. The van der Waals surface area contributed by atoms with E-state index in [9.17, 15) is 29.1 Å². The number of nitrogens with one attached hydrogen (secondary N) is 5. The SMILES string of the molecule is CC(C)CC(NC(=O)C1CCCN1)C(=O)NC(CC(N)=O)C(=O)NC(Cc1cnc[nH]1)C(=O)O. The van der Waals surface area contributed by atoms with E-state index in [4.69, 9.17) is 5.73 Å². The molecule has 1 fully saturated rings. The standard InChI is InChI=1S/C21H33N7O6/c1-11(2)6-14(26-18(30)13-4-3-5-24-13)19(31)27-15(8-17(22)29)20(32)28-16(21(33)34)7-12-9-23-10-25-12/h9-11,13-16,24H,3-8H2,1-2H3,(H2,22,29)(H,23,25)(H,26,30)(H,27,31)(H,28,32)(H,33,34). The van der Waals surface area contributed by atoms with E-state index in [1.807, 2.05) is 13.8 Å². The second-order valence-corrected chi connectivity index (χ2v) is 8.75. The number of hydrogen-bond donors (Lipinski definition) is 7. The van der Waals surface area contributed by atoms with Gasteiger partial charge in [-0.2, -0.15) is 0 Å². The number of hydrogen-bond acceptors (Lipinski definition) is 7. The van der Waals surface area contributed by atoms with Crippen molar-refractivity contribution in [2.45, 2.75) is 70.1 Å². The third-order valence-electron chi connectivity index (χ3n) is 5.35. The summed E-state index contributed by atoms with van der Waals surface area (Å²) in [5.74, 6) is -3.99. The number of carbonyl (C=O) groups excluding carboxylic acids is 4. The first-order chi connectivity index (χ1) is 16.1. The molecule has 1 aromatic heterocycles. The highest BCUT2D eigenvalue weighted by atomic mass is 16.4. The van der Waals surface area contributed by atoms with Crippen LogP contribution in [0, 0.1) is 5.92 Å². The van der Waals surface area contributed by atoms with Crippen molar-refractivity contribution in [3.63, 3.8) is 0 Å². The van der Waals surface area contributed by atoms with E-state index in [-0.39, 0.29) is 18.2 Å². The number of primary amides is 1. The van der Waals surface area contributed by atoms with E-state index >= 15 is 0 Å². The molecule has 2 heterocycles. The van der Waals surface area contributed by atoms with Crippen molar-refractivity contribution in [2.24, 2.45) is 11.7 Å². The molecule has 34 heavy (non-hydrogen) atoms. The lowest BCUT2D eigenvalue weighted by atomic mass is 10.0. The highest BCUT2D eigenvalue weighted by Gasteiger charge is 2.32. The van der Waals surface area contributed by atoms with Gasteiger partial charge in [0.15, 0.2) is 0 Å². The second-order valence-electron chi connectivity index (χ2n) is 8.75. The molecule has 0 saturated carbocycles. The molecule has 4 atom stereocenters. The first-order valence-electron chi connectivity index (χ1n) is 11.2. The summed E-state index contributed by atoms with van der Waals surface area (Å²) in [6.07, 6.45) is 3.97. The Morgan fingerprint density at radius 1 is 1.12 bits per heavy atom. The smallest absolute Gasteiger partial charge is 0.326 e. The van der Waals surface area contributed by atoms with Crippen LogP contribution in [-0.2, 0) is 30.4 Å². The number of H-pyrrole nitrogens is 1. The summed E-state index contributed by atoms with van der Waals surface area (Å²) in [5.41, 5.74) is 5.73. The lowest BCUT2D eigenvalue weighted by Crippen LogP contribution is -2.58. The number of rotatable bonds is 13. The second kappa shape index (κ2) is 12.7. The van der Waals surface area contributed by atoms with Crippen LogP contribution in [0.15, 0.2) is 12.5 Å². The average molecular weight is 480 g/mol. The van der Waals surface area contributed by atoms with Gasteiger partial charge in [0.25, 0.3) is 0 Å². The molecule has 1 aliphatic rings. The van der Waals surface area contributed by atoms with Crippen molar-refractivity contribution in [3.8, 4) is 0 Å². The van der Waals surface area contributed by atoms with E-state index in [1.54, 1.807) is 0 Å². The highest BCUT2D eigenvalue weighted by molar-refractivity contribution is 5.96. The molecule has 0 aromatic carbocycles. The fourth-order valence-electron chi connectivity index (χ4n) is 3.65. The molecule has 188 valence electrons. The number of aliphatic carboxylic acids is 1. The minimum atomic E-state index is -1.41. The summed E-state index contributed by atoms with van der Waals surface area (Å²) < 4.78 is 0. The van der Waals surface area contributed by atoms with Crippen LogP contribution < -0.4 is 27.0 Å². The van der Waals surface area contributed by atoms with Gasteiger partial charge in [-0.1, -0.05) is 13.8 Å². The summed E-state index contributed by atoms with van der Waals surface area (Å²) in [5, 5.41) is 20.0. The molecule has 8 N–H and O–H groups in total. The summed E-state index contributed by atoms with van der Waals surface area (Å²) >= 11 is 0. The maximum Gasteiger partial charge on any atom is 0.326 e. The molecule has 0 aliphatic carbocycles. The molecular formula is C21H33N7O6. The van der Waals surface area contributed by atoms with Gasteiger partial charge < -0.3 is 37.1 Å². The predicted octanol–water partition coefficient (Wildman–Crippen LogP) is -1.84. The van der Waals surface area contributed by atoms with E-state index in [0.29, 0.717) is 25.1 Å². The van der Waals surface area contributed by atoms with Crippen molar-refractivity contribution < 1.29 is 29.1 Å². The Morgan fingerprint density at radius 2 is 1.79 bits per heavy atom. The third kappa shape index (κ3) is 8.46. The van der Waals surface area contributed by atoms with Crippen LogP contribution in [0.4, 0.5) is 0 Å². The van der Waals surface area contributed by atoms with Crippen molar-refractivity contribution in [1.82, 2.24) is 31.2 Å². The normalized spacial score (nSPS) is 18.0. The number of carbonyl (C=O) groups is 5. The van der Waals surface area contributed by atoms with E-state index < -0.39 is 54.3 Å². The Hall–Kier alpha value is -3.48. The third-order valence-corrected chi connectivity index (χ3v) is 5.35. The maximum atomic E-state index is 13.0. The van der Waals surface area contributed by atoms with Crippen molar-refractivity contribution >= 4 is 29.6 Å². The van der Waals surface area contributed by atoms with Crippen LogP contribution in [-0.4, -0.2) is 75.4 Å². The molecule has 0 radical (unpaired) electrons. The zero-order chi connectivity index (χ0) is 25.3. The van der Waals surface area contributed by atoms with Crippen molar-refractivity contribution in [1.29, 1.82) is 0 Å². The van der Waals surface area contributed by atoms with Gasteiger partial charge >= 0.3 is 5.97 Å². The van der Waals surface area contributed by atoms with Gasteiger partial charge in [0.2, 0.25) is 23.6 Å². The molecule has 13 heteroatoms. The van der Waals surface area contributed by atoms with Crippen molar-refractivity contribution in [3.05, 3.63) is 18.2 Å². The van der Waals surface area contributed by atoms with Gasteiger partial charge in [0.05, 0.1) is 18.8 Å². The first kappa shape index (κ1) is 26.8. The Kier molecular flexibility index (Phi) is 9.98. The number of carboxylic acids is 1. The van der Waals surface area contributed by atoms with E-state index in [2.05, 4.69) is 31.2 Å². The van der Waals surface area contributed by atoms with Crippen LogP contribution in [0.25, 0.3) is 0 Å². The molecule has 4 amide bonds. The summed E-state index contributed by atoms with van der Waals surface area (Å²) in [6.45, 7) is 4.46. The molecule has 4 unspecified atom stereocenters. The van der Waals surface area contributed by atoms with Crippen LogP contribution in [0.5, 0.6) is 0 Å². The van der Waals surface area contributed by atoms with E-state index in [0.717, 1.165) is 6.42 Å². The molecule has 1 saturated heterocycles. The van der Waals surface area contributed by atoms with Crippen molar-refractivity contribution in [2.75, 3.05) is 6.54 Å². The average Bonchev–Trinajstić information content (AvgIpc) is 3.45. The number of amides is 4. The lowest BCUT2D eigenvalue weighted by molar-refractivity contribution is -0.142. The number of aromatic nitrogens is 2. The Balaban J connectivity index is 2.10. The van der Waals surface area contributed by atoms with Crippen LogP contribution in [0.1, 0.15) is 45.2 Å². The predicted molar refractivity (Wildman–Crippen MR) is 120 cm³/mol. The van der Waals surface area contributed by atoms with Gasteiger partial charge in [-0.15, -0.1) is 0 Å². The fourth-order valence-corrected chi connectivity index (χ4v) is 3.65. The van der Waals surface area contributed by atoms with Gasteiger partial charge in [-0.05, 0) is 31.7 Å². The fraction of sp³-hybridized carbons (Fsp3) is 0.619. The molecule has 1 aliphatic heterocycles. The first-order valence-corrected chi connectivity index (χ1v) is 11.2. The minimum absolute atomic E-state index is 0.0433. The lowest BCUT2D eigenvalue weighted by Gasteiger charge is -2.25. The number of nitrogens with two attached hydrogens (primary N) is 1. The summed E-state index contributed by atoms with van der Waals surface area (Å²) in [4.78, 5) is 68.1. The van der Waals surface area contributed by atoms with Gasteiger partial charge in [0, 0.05) is 18.3 Å². The quantitative estimate of drug-likeness (QED) is 0.171. The molecule has 1 aromatic rings. The van der Waals surface area contributed by atoms with E-state index in [1.165, 1.54) is 12.5 Å². The molecule has 2 rings (SSSR count). The number of imidazole rings is 1. The van der Waals surface area contributed by atoms with Gasteiger partial charge in [-0.25, -0.2) is 9.78 Å². The molecule has 0 bridgehead atoms. The zero-order valence-electron chi connectivity index (χ0n) is 19.3. The monoisotopic (exact) mass is 479 g/mol. The minimum Gasteiger partial charge on any atom is -0.480 e. The highest BCUT2D eigenvalue weighted by Crippen LogP contribution is 2.10. The largest absolute Gasteiger partial charge is 0.480 e. The van der Waals surface area contributed by atoms with Crippen LogP contribution in [0.2, 0.25) is 0 Å². The van der Waals surface area contributed by atoms with Gasteiger partial charge in [0.1, 0.15) is 18.1 Å². The van der Waals surface area contributed by atoms with Gasteiger partial charge in [-0.3, -0.25) is 19.2 Å². The maximum absolute atomic E-state index is 13.0. The summed E-state index contributed by atoms with van der Waals surface area (Å²) in [7, 11) is 0. The molecule has 0 spiro atoms. The molecule has 13 nitrogen and oxygen atoms in total.